The third kappa shape index (κ3) is 2.38. The lowest BCUT2D eigenvalue weighted by molar-refractivity contribution is -0.0949. The molecule has 0 radical (unpaired) electrons. The molecule has 0 saturated heterocycles. The summed E-state index contributed by atoms with van der Waals surface area (Å²) in [6.45, 7) is 8.96. The molecule has 0 bridgehead atoms. The molecule has 0 amide bonds. The standard InChI is InChI=1S/C15H23NO2/c1-5-17-15-12(16)8-13(15)18-14-10(3)7-6-9(2)11(14)4/h6-7,12-13,15H,5,8,16H2,1-4H3. The molecule has 3 unspecified atom stereocenters. The van der Waals surface area contributed by atoms with Crippen LogP contribution in [0, 0.1) is 20.8 Å². The summed E-state index contributed by atoms with van der Waals surface area (Å²) < 4.78 is 11.8. The van der Waals surface area contributed by atoms with Crippen LogP contribution >= 0.6 is 0 Å². The summed E-state index contributed by atoms with van der Waals surface area (Å²) in [5.41, 5.74) is 9.60. The van der Waals surface area contributed by atoms with Gasteiger partial charge in [0, 0.05) is 19.1 Å². The quantitative estimate of drug-likeness (QED) is 0.891. The summed E-state index contributed by atoms with van der Waals surface area (Å²) in [4.78, 5) is 0. The van der Waals surface area contributed by atoms with Crippen LogP contribution in [-0.4, -0.2) is 24.9 Å². The van der Waals surface area contributed by atoms with Gasteiger partial charge in [-0.3, -0.25) is 0 Å². The molecule has 18 heavy (non-hydrogen) atoms. The molecule has 100 valence electrons. The third-order valence-corrected chi connectivity index (χ3v) is 3.79. The lowest BCUT2D eigenvalue weighted by atomic mass is 9.86. The van der Waals surface area contributed by atoms with Crippen molar-refractivity contribution >= 4 is 0 Å². The molecular weight excluding hydrogens is 226 g/mol. The van der Waals surface area contributed by atoms with Gasteiger partial charge in [-0.05, 0) is 44.4 Å². The second-order valence-electron chi connectivity index (χ2n) is 5.13. The van der Waals surface area contributed by atoms with E-state index in [9.17, 15) is 0 Å². The van der Waals surface area contributed by atoms with Crippen molar-refractivity contribution < 1.29 is 9.47 Å². The Labute approximate surface area is 109 Å². The zero-order valence-electron chi connectivity index (χ0n) is 11.7. The molecule has 3 nitrogen and oxygen atoms in total. The molecule has 1 saturated carbocycles. The molecule has 1 fully saturated rings. The Bertz CT molecular complexity index is 431. The van der Waals surface area contributed by atoms with E-state index in [-0.39, 0.29) is 18.2 Å². The zero-order valence-corrected chi connectivity index (χ0v) is 11.7. The maximum atomic E-state index is 6.12. The van der Waals surface area contributed by atoms with Crippen molar-refractivity contribution in [1.29, 1.82) is 0 Å². The first-order valence-electron chi connectivity index (χ1n) is 6.65. The third-order valence-electron chi connectivity index (χ3n) is 3.79. The van der Waals surface area contributed by atoms with Gasteiger partial charge in [0.25, 0.3) is 0 Å². The van der Waals surface area contributed by atoms with Crippen LogP contribution in [0.2, 0.25) is 0 Å². The van der Waals surface area contributed by atoms with E-state index >= 15 is 0 Å². The van der Waals surface area contributed by atoms with E-state index in [2.05, 4.69) is 32.9 Å². The van der Waals surface area contributed by atoms with Crippen LogP contribution in [0.15, 0.2) is 12.1 Å². The first kappa shape index (κ1) is 13.4. The molecule has 0 heterocycles. The van der Waals surface area contributed by atoms with Crippen LogP contribution < -0.4 is 10.5 Å². The Morgan fingerprint density at radius 2 is 1.89 bits per heavy atom. The molecule has 2 N–H and O–H groups in total. The monoisotopic (exact) mass is 249 g/mol. The van der Waals surface area contributed by atoms with Crippen molar-refractivity contribution in [2.45, 2.75) is 52.4 Å². The van der Waals surface area contributed by atoms with Crippen molar-refractivity contribution in [3.8, 4) is 5.75 Å². The van der Waals surface area contributed by atoms with Gasteiger partial charge in [-0.2, -0.15) is 0 Å². The largest absolute Gasteiger partial charge is 0.487 e. The van der Waals surface area contributed by atoms with Crippen LogP contribution in [0.5, 0.6) is 5.75 Å². The smallest absolute Gasteiger partial charge is 0.128 e. The SMILES string of the molecule is CCOC1C(N)CC1Oc1c(C)ccc(C)c1C. The Balaban J connectivity index is 2.13. The minimum absolute atomic E-state index is 0.0364. The van der Waals surface area contributed by atoms with Gasteiger partial charge >= 0.3 is 0 Å². The molecule has 2 rings (SSSR count). The fraction of sp³-hybridized carbons (Fsp3) is 0.600. The van der Waals surface area contributed by atoms with Gasteiger partial charge in [-0.1, -0.05) is 12.1 Å². The van der Waals surface area contributed by atoms with Gasteiger partial charge in [0.1, 0.15) is 18.0 Å². The second-order valence-corrected chi connectivity index (χ2v) is 5.13. The Morgan fingerprint density at radius 1 is 1.22 bits per heavy atom. The summed E-state index contributed by atoms with van der Waals surface area (Å²) >= 11 is 0. The number of ether oxygens (including phenoxy) is 2. The molecule has 1 aliphatic carbocycles. The molecule has 1 aliphatic rings. The molecule has 0 aliphatic heterocycles. The molecule has 1 aromatic rings. The van der Waals surface area contributed by atoms with Crippen molar-refractivity contribution in [3.05, 3.63) is 28.8 Å². The number of nitrogens with two attached hydrogens (primary N) is 1. The Hall–Kier alpha value is -1.06. The van der Waals surface area contributed by atoms with E-state index in [0.717, 1.165) is 12.2 Å². The maximum absolute atomic E-state index is 6.12. The highest BCUT2D eigenvalue weighted by Crippen LogP contribution is 2.32. The maximum Gasteiger partial charge on any atom is 0.128 e. The van der Waals surface area contributed by atoms with Crippen LogP contribution in [0.25, 0.3) is 0 Å². The molecule has 0 spiro atoms. The summed E-state index contributed by atoms with van der Waals surface area (Å²) in [7, 11) is 0. The fourth-order valence-corrected chi connectivity index (χ4v) is 2.41. The van der Waals surface area contributed by atoms with E-state index in [1.165, 1.54) is 16.7 Å². The average molecular weight is 249 g/mol. The summed E-state index contributed by atoms with van der Waals surface area (Å²) in [6, 6.07) is 4.34. The molecule has 3 atom stereocenters. The normalized spacial score (nSPS) is 26.8. The predicted molar refractivity (Wildman–Crippen MR) is 73.1 cm³/mol. The van der Waals surface area contributed by atoms with Gasteiger partial charge in [0.2, 0.25) is 0 Å². The number of hydrogen-bond acceptors (Lipinski definition) is 3. The Kier molecular flexibility index (Phi) is 3.93. The van der Waals surface area contributed by atoms with Gasteiger partial charge in [0.05, 0.1) is 0 Å². The van der Waals surface area contributed by atoms with Crippen LogP contribution in [-0.2, 0) is 4.74 Å². The van der Waals surface area contributed by atoms with Crippen molar-refractivity contribution in [1.82, 2.24) is 0 Å². The fourth-order valence-electron chi connectivity index (χ4n) is 2.41. The van der Waals surface area contributed by atoms with Gasteiger partial charge in [-0.25, -0.2) is 0 Å². The van der Waals surface area contributed by atoms with Crippen molar-refractivity contribution in [2.75, 3.05) is 6.61 Å². The summed E-state index contributed by atoms with van der Waals surface area (Å²) in [6.07, 6.45) is 1.01. The molecule has 0 aromatic heterocycles. The van der Waals surface area contributed by atoms with Crippen molar-refractivity contribution in [2.24, 2.45) is 5.73 Å². The second kappa shape index (κ2) is 5.29. The highest BCUT2D eigenvalue weighted by Gasteiger charge is 2.41. The number of benzene rings is 1. The molecule has 3 heteroatoms. The highest BCUT2D eigenvalue weighted by molar-refractivity contribution is 5.44. The van der Waals surface area contributed by atoms with Gasteiger partial charge < -0.3 is 15.2 Å². The highest BCUT2D eigenvalue weighted by atomic mass is 16.5. The Morgan fingerprint density at radius 3 is 2.50 bits per heavy atom. The minimum Gasteiger partial charge on any atom is -0.487 e. The van der Waals surface area contributed by atoms with Gasteiger partial charge in [0.15, 0.2) is 0 Å². The number of hydrogen-bond donors (Lipinski definition) is 1. The van der Waals surface area contributed by atoms with Crippen LogP contribution in [0.4, 0.5) is 0 Å². The van der Waals surface area contributed by atoms with Gasteiger partial charge in [-0.15, -0.1) is 0 Å². The lowest BCUT2D eigenvalue weighted by Gasteiger charge is -2.42. The number of rotatable bonds is 4. The summed E-state index contributed by atoms with van der Waals surface area (Å²) in [5.74, 6) is 0.997. The molecule has 1 aromatic carbocycles. The predicted octanol–water partition coefficient (Wildman–Crippen LogP) is 2.50. The van der Waals surface area contributed by atoms with Crippen molar-refractivity contribution in [3.63, 3.8) is 0 Å². The van der Waals surface area contributed by atoms with E-state index < -0.39 is 0 Å². The topological polar surface area (TPSA) is 44.5 Å². The van der Waals surface area contributed by atoms with Crippen LogP contribution in [0.3, 0.4) is 0 Å². The van der Waals surface area contributed by atoms with Crippen LogP contribution in [0.1, 0.15) is 30.0 Å². The minimum atomic E-state index is 0.0364. The zero-order chi connectivity index (χ0) is 13.3. The van der Waals surface area contributed by atoms with E-state index in [1.54, 1.807) is 0 Å². The van der Waals surface area contributed by atoms with E-state index in [1.807, 2.05) is 6.92 Å². The van der Waals surface area contributed by atoms with E-state index in [0.29, 0.717) is 6.61 Å². The first-order valence-corrected chi connectivity index (χ1v) is 6.65. The lowest BCUT2D eigenvalue weighted by Crippen LogP contribution is -2.59. The first-order chi connectivity index (χ1) is 8.54. The average Bonchev–Trinajstić information content (AvgIpc) is 2.35. The number of aryl methyl sites for hydroxylation is 2. The molecular formula is C15H23NO2. The van der Waals surface area contributed by atoms with E-state index in [4.69, 9.17) is 15.2 Å². The summed E-state index contributed by atoms with van der Waals surface area (Å²) in [5, 5.41) is 0.